The molecule has 0 aliphatic carbocycles. The second kappa shape index (κ2) is 12.7. The van der Waals surface area contributed by atoms with Crippen LogP contribution in [0.1, 0.15) is 47.0 Å². The van der Waals surface area contributed by atoms with E-state index in [0.29, 0.717) is 34.8 Å². The van der Waals surface area contributed by atoms with Gasteiger partial charge in [-0.15, -0.1) is 0 Å². The van der Waals surface area contributed by atoms with Gasteiger partial charge in [-0.1, -0.05) is 72.3 Å². The topological polar surface area (TPSA) is 40.0 Å². The predicted octanol–water partition coefficient (Wildman–Crippen LogP) is 7.68. The monoisotopic (exact) mass is 469 g/mol. The summed E-state index contributed by atoms with van der Waals surface area (Å²) < 4.78 is 11.3. The Morgan fingerprint density at radius 1 is 1.00 bits per heavy atom. The van der Waals surface area contributed by atoms with E-state index in [9.17, 15) is 0 Å². The van der Waals surface area contributed by atoms with Gasteiger partial charge in [-0.25, -0.2) is 0 Å². The number of rotatable bonds is 11. The maximum atomic E-state index is 6.23. The first-order valence-corrected chi connectivity index (χ1v) is 10.5. The number of unbranched alkanes of at least 4 members (excludes halogenated alkanes) is 2. The molecule has 0 bridgehead atoms. The molecule has 0 N–H and O–H groups in total. The molecule has 0 aliphatic heterocycles. The molecule has 0 unspecified atom stereocenters. The van der Waals surface area contributed by atoms with Crippen LogP contribution in [0.3, 0.4) is 0 Å². The Hall–Kier alpha value is -0.810. The first-order valence-electron chi connectivity index (χ1n) is 9.04. The first-order chi connectivity index (χ1) is 13.1. The van der Waals surface area contributed by atoms with Crippen molar-refractivity contribution in [3.05, 3.63) is 32.7 Å². The second-order valence-electron chi connectivity index (χ2n) is 7.19. The molecule has 0 aromatic heterocycles. The van der Waals surface area contributed by atoms with E-state index in [1.165, 1.54) is 6.08 Å². The minimum absolute atomic E-state index is 0.0286. The zero-order valence-electron chi connectivity index (χ0n) is 16.7. The van der Waals surface area contributed by atoms with E-state index in [1.54, 1.807) is 12.1 Å². The fourth-order valence-corrected chi connectivity index (χ4v) is 2.56. The number of oxime groups is 1. The van der Waals surface area contributed by atoms with E-state index < -0.39 is 0 Å². The highest BCUT2D eigenvalue weighted by atomic mass is 35.5. The molecule has 0 radical (unpaired) electrons. The number of benzene rings is 1. The van der Waals surface area contributed by atoms with Crippen LogP contribution in [-0.2, 0) is 4.84 Å². The fourth-order valence-electron chi connectivity index (χ4n) is 1.86. The summed E-state index contributed by atoms with van der Waals surface area (Å²) in [5.41, 5.74) is 1.01. The van der Waals surface area contributed by atoms with Crippen molar-refractivity contribution >= 4 is 52.1 Å². The van der Waals surface area contributed by atoms with Gasteiger partial charge in [0.15, 0.2) is 5.75 Å². The summed E-state index contributed by atoms with van der Waals surface area (Å²) in [6, 6.07) is 3.28. The Bertz CT molecular complexity index is 658. The lowest BCUT2D eigenvalue weighted by molar-refractivity contribution is 0.135. The smallest absolute Gasteiger partial charge is 0.156 e. The number of hydrogen-bond acceptors (Lipinski definition) is 4. The van der Waals surface area contributed by atoms with E-state index >= 15 is 0 Å². The van der Waals surface area contributed by atoms with Crippen LogP contribution in [0.25, 0.3) is 0 Å². The average molecular weight is 471 g/mol. The summed E-state index contributed by atoms with van der Waals surface area (Å²) in [6.07, 6.45) is 4.23. The highest BCUT2D eigenvalue weighted by molar-refractivity contribution is 6.55. The highest BCUT2D eigenvalue weighted by Crippen LogP contribution is 2.37. The van der Waals surface area contributed by atoms with Crippen molar-refractivity contribution < 1.29 is 14.3 Å². The lowest BCUT2D eigenvalue weighted by Crippen LogP contribution is -2.17. The molecule has 0 spiro atoms. The van der Waals surface area contributed by atoms with Gasteiger partial charge in [0.2, 0.25) is 0 Å². The van der Waals surface area contributed by atoms with E-state index in [4.69, 9.17) is 60.7 Å². The van der Waals surface area contributed by atoms with Gasteiger partial charge in [-0.2, -0.15) is 0 Å². The SMILES string of the molecule is C/C(=N\OCCCCCOc1c(Cl)cc(OCC=C(Cl)Cl)cc1Cl)C(C)(C)C. The van der Waals surface area contributed by atoms with E-state index in [1.807, 2.05) is 6.92 Å². The molecular weight excluding hydrogens is 444 g/mol. The quantitative estimate of drug-likeness (QED) is 0.189. The van der Waals surface area contributed by atoms with Crippen LogP contribution in [0.4, 0.5) is 0 Å². The standard InChI is InChI=1S/C20H27Cl4NO3/c1-14(20(2,3)4)25-28-10-7-5-6-9-27-19-16(21)12-15(13-17(19)22)26-11-8-18(23)24/h8,12-13H,5-7,9-11H2,1-4H3/b25-14+. The van der Waals surface area contributed by atoms with Crippen molar-refractivity contribution in [2.75, 3.05) is 19.8 Å². The Morgan fingerprint density at radius 3 is 2.18 bits per heavy atom. The minimum Gasteiger partial charge on any atom is -0.490 e. The summed E-state index contributed by atoms with van der Waals surface area (Å²) in [7, 11) is 0. The zero-order valence-corrected chi connectivity index (χ0v) is 19.7. The van der Waals surface area contributed by atoms with E-state index in [2.05, 4.69) is 25.9 Å². The van der Waals surface area contributed by atoms with Crippen LogP contribution in [-0.4, -0.2) is 25.5 Å². The first kappa shape index (κ1) is 25.2. The average Bonchev–Trinajstić information content (AvgIpc) is 2.57. The van der Waals surface area contributed by atoms with Crippen LogP contribution in [0.2, 0.25) is 10.0 Å². The van der Waals surface area contributed by atoms with Crippen LogP contribution in [0, 0.1) is 5.41 Å². The van der Waals surface area contributed by atoms with Crippen LogP contribution >= 0.6 is 46.4 Å². The summed E-state index contributed by atoms with van der Waals surface area (Å²) in [6.45, 7) is 9.60. The molecule has 1 rings (SSSR count). The summed E-state index contributed by atoms with van der Waals surface area (Å²) in [4.78, 5) is 5.36. The third kappa shape index (κ3) is 10.1. The second-order valence-corrected chi connectivity index (χ2v) is 9.01. The van der Waals surface area contributed by atoms with Crippen molar-refractivity contribution in [1.29, 1.82) is 0 Å². The summed E-state index contributed by atoms with van der Waals surface area (Å²) >= 11 is 23.5. The van der Waals surface area contributed by atoms with Crippen molar-refractivity contribution in [3.8, 4) is 11.5 Å². The van der Waals surface area contributed by atoms with Crippen molar-refractivity contribution in [1.82, 2.24) is 0 Å². The molecule has 0 saturated heterocycles. The van der Waals surface area contributed by atoms with Gasteiger partial charge in [0.05, 0.1) is 22.4 Å². The zero-order chi connectivity index (χ0) is 21.2. The van der Waals surface area contributed by atoms with Gasteiger partial charge in [0, 0.05) is 17.5 Å². The molecule has 0 atom stereocenters. The van der Waals surface area contributed by atoms with E-state index in [0.717, 1.165) is 25.0 Å². The number of ether oxygens (including phenoxy) is 2. The fraction of sp³-hybridized carbons (Fsp3) is 0.550. The Kier molecular flexibility index (Phi) is 11.4. The van der Waals surface area contributed by atoms with Crippen molar-refractivity contribution in [3.63, 3.8) is 0 Å². The maximum absolute atomic E-state index is 6.23. The van der Waals surface area contributed by atoms with Crippen LogP contribution < -0.4 is 9.47 Å². The number of nitrogens with zero attached hydrogens (tertiary/aromatic N) is 1. The predicted molar refractivity (Wildman–Crippen MR) is 120 cm³/mol. The molecule has 158 valence electrons. The molecular formula is C20H27Cl4NO3. The Labute approximate surface area is 187 Å². The van der Waals surface area contributed by atoms with Crippen LogP contribution in [0.5, 0.6) is 11.5 Å². The molecule has 0 heterocycles. The van der Waals surface area contributed by atoms with Gasteiger partial charge >= 0.3 is 0 Å². The Balaban J connectivity index is 2.33. The molecule has 0 amide bonds. The lowest BCUT2D eigenvalue weighted by atomic mass is 9.91. The van der Waals surface area contributed by atoms with Gasteiger partial charge in [0.25, 0.3) is 0 Å². The molecule has 4 nitrogen and oxygen atoms in total. The lowest BCUT2D eigenvalue weighted by Gasteiger charge is -2.16. The molecule has 1 aromatic carbocycles. The van der Waals surface area contributed by atoms with E-state index in [-0.39, 0.29) is 16.5 Å². The third-order valence-corrected chi connectivity index (χ3v) is 4.74. The van der Waals surface area contributed by atoms with Gasteiger partial charge in [-0.05, 0) is 32.3 Å². The molecule has 8 heteroatoms. The van der Waals surface area contributed by atoms with Crippen molar-refractivity contribution in [2.45, 2.75) is 47.0 Å². The minimum atomic E-state index is 0.0286. The maximum Gasteiger partial charge on any atom is 0.156 e. The largest absolute Gasteiger partial charge is 0.490 e. The van der Waals surface area contributed by atoms with Crippen molar-refractivity contribution in [2.24, 2.45) is 10.6 Å². The summed E-state index contributed by atoms with van der Waals surface area (Å²) in [5, 5.41) is 4.92. The molecule has 0 aliphatic rings. The van der Waals surface area contributed by atoms with Crippen LogP contribution in [0.15, 0.2) is 27.9 Å². The molecule has 0 fully saturated rings. The van der Waals surface area contributed by atoms with Gasteiger partial charge < -0.3 is 14.3 Å². The highest BCUT2D eigenvalue weighted by Gasteiger charge is 2.14. The molecule has 1 aromatic rings. The third-order valence-electron chi connectivity index (χ3n) is 3.87. The summed E-state index contributed by atoms with van der Waals surface area (Å²) in [5.74, 6) is 0.958. The normalized spacial score (nSPS) is 11.9. The molecule has 0 saturated carbocycles. The molecule has 28 heavy (non-hydrogen) atoms. The number of hydrogen-bond donors (Lipinski definition) is 0. The van der Waals surface area contributed by atoms with Gasteiger partial charge in [-0.3, -0.25) is 0 Å². The van der Waals surface area contributed by atoms with Gasteiger partial charge in [0.1, 0.15) is 23.5 Å². The number of halogens is 4. The Morgan fingerprint density at radius 2 is 1.61 bits per heavy atom.